The lowest BCUT2D eigenvalue weighted by atomic mass is 10.2. The van der Waals surface area contributed by atoms with Crippen molar-refractivity contribution in [2.24, 2.45) is 0 Å². The van der Waals surface area contributed by atoms with Gasteiger partial charge in [0.25, 0.3) is 0 Å². The molecule has 0 aliphatic heterocycles. The molecule has 1 aromatic carbocycles. The van der Waals surface area contributed by atoms with E-state index in [1.165, 1.54) is 6.26 Å². The minimum atomic E-state index is -3.08. The Hall–Kier alpha value is -0.830. The summed E-state index contributed by atoms with van der Waals surface area (Å²) in [6.45, 7) is 1.85. The molecule has 0 saturated carbocycles. The number of rotatable bonds is 1. The van der Waals surface area contributed by atoms with E-state index in [2.05, 4.69) is 6.07 Å². The number of aryl methyl sites for hydroxylation is 1. The highest BCUT2D eigenvalue weighted by Gasteiger charge is 2.05. The van der Waals surface area contributed by atoms with Crippen molar-refractivity contribution in [3.8, 4) is 0 Å². The first-order valence-corrected chi connectivity index (χ1v) is 5.08. The first kappa shape index (κ1) is 8.27. The van der Waals surface area contributed by atoms with Gasteiger partial charge in [-0.05, 0) is 18.6 Å². The van der Waals surface area contributed by atoms with E-state index < -0.39 is 9.84 Å². The van der Waals surface area contributed by atoms with Gasteiger partial charge in [0.05, 0.1) is 4.90 Å². The molecule has 0 heterocycles. The zero-order chi connectivity index (χ0) is 8.48. The van der Waals surface area contributed by atoms with E-state index in [0.717, 1.165) is 5.56 Å². The molecule has 0 N–H and O–H groups in total. The van der Waals surface area contributed by atoms with Crippen LogP contribution in [0.4, 0.5) is 0 Å². The summed E-state index contributed by atoms with van der Waals surface area (Å²) in [6, 6.07) is 7.70. The van der Waals surface area contributed by atoms with Crippen molar-refractivity contribution in [1.29, 1.82) is 0 Å². The van der Waals surface area contributed by atoms with Crippen LogP contribution in [-0.2, 0) is 9.84 Å². The van der Waals surface area contributed by atoms with Crippen LogP contribution in [0.15, 0.2) is 23.1 Å². The second-order valence-corrected chi connectivity index (χ2v) is 4.49. The maximum absolute atomic E-state index is 11.0. The zero-order valence-electron chi connectivity index (χ0n) is 6.46. The second-order valence-electron chi connectivity index (χ2n) is 2.50. The van der Waals surface area contributed by atoms with Gasteiger partial charge in [0.2, 0.25) is 0 Å². The summed E-state index contributed by atoms with van der Waals surface area (Å²) in [5.41, 5.74) is 0.934. The summed E-state index contributed by atoms with van der Waals surface area (Å²) >= 11 is 0. The summed E-state index contributed by atoms with van der Waals surface area (Å²) in [7, 11) is -3.08. The van der Waals surface area contributed by atoms with Crippen molar-refractivity contribution >= 4 is 9.84 Å². The van der Waals surface area contributed by atoms with Gasteiger partial charge < -0.3 is 0 Å². The molecule has 0 amide bonds. The van der Waals surface area contributed by atoms with Crippen LogP contribution in [0, 0.1) is 13.0 Å². The molecule has 1 radical (unpaired) electrons. The lowest BCUT2D eigenvalue weighted by Crippen LogP contribution is -1.96. The smallest absolute Gasteiger partial charge is 0.176 e. The molecule has 0 bridgehead atoms. The topological polar surface area (TPSA) is 34.1 Å². The fourth-order valence-electron chi connectivity index (χ4n) is 0.766. The summed E-state index contributed by atoms with van der Waals surface area (Å²) < 4.78 is 21.9. The maximum atomic E-state index is 11.0. The number of benzene rings is 1. The van der Waals surface area contributed by atoms with Gasteiger partial charge in [-0.2, -0.15) is 0 Å². The van der Waals surface area contributed by atoms with Crippen molar-refractivity contribution in [2.75, 3.05) is 6.26 Å². The van der Waals surface area contributed by atoms with Crippen molar-refractivity contribution in [1.82, 2.24) is 0 Å². The third-order valence-corrected chi connectivity index (χ3v) is 2.36. The van der Waals surface area contributed by atoms with Gasteiger partial charge in [-0.25, -0.2) is 8.42 Å². The molecule has 0 saturated heterocycles. The van der Waals surface area contributed by atoms with E-state index in [1.54, 1.807) is 12.1 Å². The van der Waals surface area contributed by atoms with Gasteiger partial charge in [-0.15, -0.1) is 0 Å². The third kappa shape index (κ3) is 2.05. The summed E-state index contributed by atoms with van der Waals surface area (Å²) in [4.78, 5) is 0.262. The monoisotopic (exact) mass is 169 g/mol. The average Bonchev–Trinajstić information content (AvgIpc) is 1.86. The normalized spacial score (nSPS) is 11.5. The fraction of sp³-hybridized carbons (Fsp3) is 0.250. The van der Waals surface area contributed by atoms with Crippen molar-refractivity contribution < 1.29 is 8.42 Å². The van der Waals surface area contributed by atoms with E-state index in [1.807, 2.05) is 13.0 Å². The average molecular weight is 169 g/mol. The summed E-state index contributed by atoms with van der Waals surface area (Å²) in [5, 5.41) is 0. The molecule has 1 rings (SSSR count). The van der Waals surface area contributed by atoms with Gasteiger partial charge in [-0.1, -0.05) is 12.1 Å². The molecule has 0 aromatic heterocycles. The largest absolute Gasteiger partial charge is 0.224 e. The highest BCUT2D eigenvalue weighted by atomic mass is 32.2. The molecule has 0 aliphatic rings. The van der Waals surface area contributed by atoms with E-state index >= 15 is 0 Å². The first-order valence-electron chi connectivity index (χ1n) is 3.18. The lowest BCUT2D eigenvalue weighted by Gasteiger charge is -1.96. The molecule has 0 unspecified atom stereocenters. The van der Waals surface area contributed by atoms with Gasteiger partial charge in [0.15, 0.2) is 9.84 Å². The standard InChI is InChI=1S/C8H9O2S/c1-7-4-3-5-8(6-7)11(2,9)10/h3-4,6H,1-2H3. The third-order valence-electron chi connectivity index (χ3n) is 1.33. The van der Waals surface area contributed by atoms with Crippen molar-refractivity contribution in [3.05, 3.63) is 29.8 Å². The van der Waals surface area contributed by atoms with Crippen molar-refractivity contribution in [2.45, 2.75) is 11.8 Å². The Morgan fingerprint density at radius 2 is 2.09 bits per heavy atom. The minimum absolute atomic E-state index is 0.262. The van der Waals surface area contributed by atoms with Gasteiger partial charge in [-0.3, -0.25) is 0 Å². The Morgan fingerprint density at radius 1 is 1.45 bits per heavy atom. The van der Waals surface area contributed by atoms with E-state index in [-0.39, 0.29) is 4.90 Å². The number of hydrogen-bond acceptors (Lipinski definition) is 2. The van der Waals surface area contributed by atoms with E-state index in [4.69, 9.17) is 0 Å². The van der Waals surface area contributed by atoms with E-state index in [0.29, 0.717) is 0 Å². The summed E-state index contributed by atoms with van der Waals surface area (Å²) in [6.07, 6.45) is 1.18. The van der Waals surface area contributed by atoms with Crippen LogP contribution in [0.3, 0.4) is 0 Å². The van der Waals surface area contributed by atoms with Crippen LogP contribution in [-0.4, -0.2) is 14.7 Å². The number of hydrogen-bond donors (Lipinski definition) is 0. The molecule has 3 heteroatoms. The molecule has 0 spiro atoms. The van der Waals surface area contributed by atoms with Crippen LogP contribution in [0.1, 0.15) is 5.56 Å². The van der Waals surface area contributed by atoms with Crippen LogP contribution in [0.2, 0.25) is 0 Å². The molecule has 0 aliphatic carbocycles. The molecule has 1 aromatic rings. The Bertz CT molecular complexity index is 352. The zero-order valence-corrected chi connectivity index (χ0v) is 7.27. The molecule has 2 nitrogen and oxygen atoms in total. The van der Waals surface area contributed by atoms with Gasteiger partial charge >= 0.3 is 0 Å². The fourth-order valence-corrected chi connectivity index (χ4v) is 1.45. The minimum Gasteiger partial charge on any atom is -0.224 e. The predicted molar refractivity (Wildman–Crippen MR) is 43.1 cm³/mol. The van der Waals surface area contributed by atoms with Crippen LogP contribution >= 0.6 is 0 Å². The molecule has 11 heavy (non-hydrogen) atoms. The highest BCUT2D eigenvalue weighted by Crippen LogP contribution is 2.08. The summed E-state index contributed by atoms with van der Waals surface area (Å²) in [5.74, 6) is 0. The Labute approximate surface area is 66.8 Å². The first-order chi connectivity index (χ1) is 5.00. The number of sulfone groups is 1. The molecular formula is C8H9O2S. The Balaban J connectivity index is 3.28. The predicted octanol–water partition coefficient (Wildman–Crippen LogP) is 1.20. The highest BCUT2D eigenvalue weighted by molar-refractivity contribution is 7.90. The van der Waals surface area contributed by atoms with Crippen LogP contribution < -0.4 is 0 Å². The SMILES string of the molecule is Cc1cc[c]c(S(C)(=O)=O)c1. The van der Waals surface area contributed by atoms with E-state index in [9.17, 15) is 8.42 Å². The molecular weight excluding hydrogens is 160 g/mol. The van der Waals surface area contributed by atoms with Crippen LogP contribution in [0.25, 0.3) is 0 Å². The Morgan fingerprint density at radius 3 is 2.45 bits per heavy atom. The molecule has 0 atom stereocenters. The maximum Gasteiger partial charge on any atom is 0.176 e. The molecule has 0 fully saturated rings. The van der Waals surface area contributed by atoms with Gasteiger partial charge in [0, 0.05) is 12.3 Å². The Kier molecular flexibility index (Phi) is 2.00. The van der Waals surface area contributed by atoms with Crippen LogP contribution in [0.5, 0.6) is 0 Å². The van der Waals surface area contributed by atoms with Gasteiger partial charge in [0.1, 0.15) is 0 Å². The van der Waals surface area contributed by atoms with Crippen molar-refractivity contribution in [3.63, 3.8) is 0 Å². The lowest BCUT2D eigenvalue weighted by molar-refractivity contribution is 0.601. The second kappa shape index (κ2) is 2.66. The molecule has 59 valence electrons. The quantitative estimate of drug-likeness (QED) is 0.633.